The molecular weight excluding hydrogens is 326 g/mol. The maximum Gasteiger partial charge on any atom is 0.0701 e. The monoisotopic (exact) mass is 341 g/mol. The smallest absolute Gasteiger partial charge is 0.0701 e. The van der Waals surface area contributed by atoms with Gasteiger partial charge in [0, 0.05) is 17.2 Å². The van der Waals surface area contributed by atoms with E-state index in [0.29, 0.717) is 0 Å². The maximum absolute atomic E-state index is 3.61. The number of hydrogen-bond acceptors (Lipinski definition) is 2. The van der Waals surface area contributed by atoms with Gasteiger partial charge in [0.25, 0.3) is 0 Å². The number of thiophene rings is 1. The normalized spacial score (nSPS) is 12.8. The number of halogens is 1. The molecule has 1 heterocycles. The van der Waals surface area contributed by atoms with Crippen molar-refractivity contribution in [3.05, 3.63) is 56.7 Å². The molecule has 1 aromatic carbocycles. The highest BCUT2D eigenvalue weighted by Crippen LogP contribution is 2.23. The van der Waals surface area contributed by atoms with E-state index in [-0.39, 0.29) is 10.7 Å². The van der Waals surface area contributed by atoms with Gasteiger partial charge in [0.15, 0.2) is 0 Å². The molecule has 0 saturated carbocycles. The standard InChI is InChI=1S/C14H16BrNS2/c1-2-18(11-12-6-4-3-5-7-12)16-10-13-8-9-14(15)17-13/h2-9,16H,10-11H2,1H3. The predicted octanol–water partition coefficient (Wildman–Crippen LogP) is 4.81. The highest BCUT2D eigenvalue weighted by molar-refractivity contribution is 9.11. The summed E-state index contributed by atoms with van der Waals surface area (Å²) in [6.45, 7) is 3.07. The molecule has 1 atom stereocenters. The Labute approximate surface area is 123 Å². The van der Waals surface area contributed by atoms with Crippen molar-refractivity contribution in [2.24, 2.45) is 0 Å². The Balaban J connectivity index is 1.91. The first kappa shape index (κ1) is 14.0. The molecule has 0 bridgehead atoms. The summed E-state index contributed by atoms with van der Waals surface area (Å²) in [6.07, 6.45) is 0. The van der Waals surface area contributed by atoms with Crippen LogP contribution in [0.5, 0.6) is 0 Å². The number of rotatable bonds is 5. The van der Waals surface area contributed by atoms with Crippen LogP contribution in [0.3, 0.4) is 0 Å². The Hall–Kier alpha value is -0.420. The summed E-state index contributed by atoms with van der Waals surface area (Å²) in [5.74, 6) is 1.07. The van der Waals surface area contributed by atoms with Crippen LogP contribution in [0, 0.1) is 0 Å². The van der Waals surface area contributed by atoms with Gasteiger partial charge in [-0.2, -0.15) is 0 Å². The van der Waals surface area contributed by atoms with Gasteiger partial charge in [0.1, 0.15) is 0 Å². The van der Waals surface area contributed by atoms with Gasteiger partial charge in [-0.1, -0.05) is 30.3 Å². The zero-order valence-electron chi connectivity index (χ0n) is 10.2. The van der Waals surface area contributed by atoms with Crippen LogP contribution in [0.4, 0.5) is 0 Å². The van der Waals surface area contributed by atoms with Crippen molar-refractivity contribution >= 4 is 43.3 Å². The van der Waals surface area contributed by atoms with Gasteiger partial charge in [-0.15, -0.1) is 22.0 Å². The zero-order valence-corrected chi connectivity index (χ0v) is 13.4. The molecule has 1 N–H and O–H groups in total. The Morgan fingerprint density at radius 1 is 1.22 bits per heavy atom. The molecule has 4 heteroatoms. The minimum Gasteiger partial charge on any atom is -0.264 e. The Morgan fingerprint density at radius 2 is 2.00 bits per heavy atom. The minimum atomic E-state index is 0.143. The number of hydrogen-bond donors (Lipinski definition) is 1. The molecule has 0 aliphatic rings. The minimum absolute atomic E-state index is 0.143. The van der Waals surface area contributed by atoms with E-state index in [1.54, 1.807) is 11.3 Å². The number of nitrogens with one attached hydrogen (secondary N) is 1. The first-order chi connectivity index (χ1) is 8.78. The predicted molar refractivity (Wildman–Crippen MR) is 88.3 cm³/mol. The highest BCUT2D eigenvalue weighted by atomic mass is 79.9. The van der Waals surface area contributed by atoms with Crippen molar-refractivity contribution in [3.8, 4) is 0 Å². The molecule has 1 aromatic heterocycles. The zero-order chi connectivity index (χ0) is 12.8. The molecule has 2 aromatic rings. The van der Waals surface area contributed by atoms with Gasteiger partial charge in [-0.3, -0.25) is 4.72 Å². The summed E-state index contributed by atoms with van der Waals surface area (Å²) in [7, 11) is 0.143. The lowest BCUT2D eigenvalue weighted by Gasteiger charge is -2.10. The summed E-state index contributed by atoms with van der Waals surface area (Å²) in [5.41, 5.74) is 1.39. The van der Waals surface area contributed by atoms with Gasteiger partial charge in [-0.05, 0) is 45.9 Å². The fourth-order valence-corrected chi connectivity index (χ4v) is 4.42. The number of benzene rings is 1. The first-order valence-electron chi connectivity index (χ1n) is 5.79. The van der Waals surface area contributed by atoms with E-state index in [9.17, 15) is 0 Å². The molecule has 0 saturated heterocycles. The van der Waals surface area contributed by atoms with Crippen LogP contribution >= 0.6 is 37.9 Å². The van der Waals surface area contributed by atoms with Crippen LogP contribution in [0.1, 0.15) is 17.4 Å². The van der Waals surface area contributed by atoms with E-state index in [2.05, 4.69) is 75.4 Å². The van der Waals surface area contributed by atoms with Crippen molar-refractivity contribution in [2.45, 2.75) is 19.2 Å². The first-order valence-corrected chi connectivity index (χ1v) is 8.85. The third kappa shape index (κ3) is 4.35. The van der Waals surface area contributed by atoms with Gasteiger partial charge in [0.05, 0.1) is 3.79 Å². The van der Waals surface area contributed by atoms with Gasteiger partial charge in [-0.25, -0.2) is 0 Å². The van der Waals surface area contributed by atoms with Crippen molar-refractivity contribution in [2.75, 3.05) is 0 Å². The largest absolute Gasteiger partial charge is 0.264 e. The van der Waals surface area contributed by atoms with Gasteiger partial charge in [0.2, 0.25) is 0 Å². The van der Waals surface area contributed by atoms with Gasteiger partial charge >= 0.3 is 0 Å². The third-order valence-electron chi connectivity index (χ3n) is 2.51. The van der Waals surface area contributed by atoms with Crippen LogP contribution in [0.25, 0.3) is 0 Å². The summed E-state index contributed by atoms with van der Waals surface area (Å²) < 4.78 is 4.81. The molecule has 0 spiro atoms. The SMILES string of the molecule is C/C=S(\Cc1ccccc1)NCc1ccc(Br)s1. The summed E-state index contributed by atoms with van der Waals surface area (Å²) >= 11 is 5.29. The molecule has 1 unspecified atom stereocenters. The lowest BCUT2D eigenvalue weighted by atomic mass is 10.2. The van der Waals surface area contributed by atoms with Crippen molar-refractivity contribution < 1.29 is 0 Å². The quantitative estimate of drug-likeness (QED) is 0.769. The second-order valence-electron chi connectivity index (χ2n) is 3.82. The molecule has 96 valence electrons. The second-order valence-corrected chi connectivity index (χ2v) is 8.28. The lowest BCUT2D eigenvalue weighted by Crippen LogP contribution is -2.06. The van der Waals surface area contributed by atoms with E-state index < -0.39 is 0 Å². The van der Waals surface area contributed by atoms with Crippen molar-refractivity contribution in [1.29, 1.82) is 0 Å². The van der Waals surface area contributed by atoms with E-state index in [1.165, 1.54) is 14.2 Å². The molecule has 0 amide bonds. The highest BCUT2D eigenvalue weighted by Gasteiger charge is 2.00. The molecule has 0 radical (unpaired) electrons. The average Bonchev–Trinajstić information content (AvgIpc) is 2.81. The lowest BCUT2D eigenvalue weighted by molar-refractivity contribution is 0.997. The summed E-state index contributed by atoms with van der Waals surface area (Å²) in [4.78, 5) is 1.37. The molecule has 2 rings (SSSR count). The average molecular weight is 342 g/mol. The molecular formula is C14H16BrNS2. The molecule has 1 nitrogen and oxygen atoms in total. The van der Waals surface area contributed by atoms with E-state index in [4.69, 9.17) is 0 Å². The molecule has 0 aliphatic heterocycles. The Morgan fingerprint density at radius 3 is 2.61 bits per heavy atom. The third-order valence-corrected chi connectivity index (χ3v) is 5.86. The van der Waals surface area contributed by atoms with Gasteiger partial charge < -0.3 is 0 Å². The van der Waals surface area contributed by atoms with Crippen LogP contribution in [0.2, 0.25) is 0 Å². The van der Waals surface area contributed by atoms with E-state index >= 15 is 0 Å². The van der Waals surface area contributed by atoms with Crippen LogP contribution in [-0.2, 0) is 12.3 Å². The molecule has 0 aliphatic carbocycles. The molecule has 18 heavy (non-hydrogen) atoms. The second kappa shape index (κ2) is 7.24. The van der Waals surface area contributed by atoms with Crippen LogP contribution in [0.15, 0.2) is 46.3 Å². The van der Waals surface area contributed by atoms with E-state index in [0.717, 1.165) is 12.3 Å². The summed E-state index contributed by atoms with van der Waals surface area (Å²) in [5, 5.41) is 2.26. The molecule has 0 fully saturated rings. The Kier molecular flexibility index (Phi) is 5.63. The maximum atomic E-state index is 3.61. The fraction of sp³-hybridized carbons (Fsp3) is 0.214. The van der Waals surface area contributed by atoms with Crippen molar-refractivity contribution in [3.63, 3.8) is 0 Å². The van der Waals surface area contributed by atoms with Crippen LogP contribution in [-0.4, -0.2) is 5.37 Å². The topological polar surface area (TPSA) is 12.0 Å². The Bertz CT molecular complexity index is 520. The summed E-state index contributed by atoms with van der Waals surface area (Å²) in [6, 6.07) is 14.9. The van der Waals surface area contributed by atoms with E-state index in [1.807, 2.05) is 0 Å². The fourth-order valence-electron chi connectivity index (χ4n) is 1.58. The van der Waals surface area contributed by atoms with Crippen LogP contribution < -0.4 is 4.72 Å². The van der Waals surface area contributed by atoms with Crippen molar-refractivity contribution in [1.82, 2.24) is 4.72 Å².